The van der Waals surface area contributed by atoms with E-state index in [9.17, 15) is 0 Å². The van der Waals surface area contributed by atoms with Crippen LogP contribution in [0.1, 0.15) is 13.3 Å². The molecule has 0 unspecified atom stereocenters. The van der Waals surface area contributed by atoms with Gasteiger partial charge >= 0.3 is 0 Å². The molecule has 0 aromatic rings. The molecule has 60 valence electrons. The van der Waals surface area contributed by atoms with Gasteiger partial charge in [-0.1, -0.05) is 23.8 Å². The molecule has 0 saturated heterocycles. The summed E-state index contributed by atoms with van der Waals surface area (Å²) in [5.74, 6) is 0.238. The van der Waals surface area contributed by atoms with Gasteiger partial charge in [-0.2, -0.15) is 0 Å². The van der Waals surface area contributed by atoms with E-state index in [0.717, 1.165) is 22.7 Å². The van der Waals surface area contributed by atoms with Crippen molar-refractivity contribution >= 4 is 11.6 Å². The molecule has 0 aromatic carbocycles. The molecule has 0 fully saturated rings. The molecule has 1 aliphatic rings. The molecular formula is C9H12ClN. The first-order valence-corrected chi connectivity index (χ1v) is 3.96. The molecule has 0 bridgehead atoms. The van der Waals surface area contributed by atoms with Crippen LogP contribution in [0, 0.1) is 5.92 Å². The number of allylic oxidation sites excluding steroid dienone is 5. The van der Waals surface area contributed by atoms with E-state index >= 15 is 0 Å². The summed E-state index contributed by atoms with van der Waals surface area (Å²) >= 11 is 5.94. The summed E-state index contributed by atoms with van der Waals surface area (Å²) in [6.45, 7) is 5.83. The second-order valence-corrected chi connectivity index (χ2v) is 3.33. The Balaban J connectivity index is 2.81. The number of hydrogen-bond acceptors (Lipinski definition) is 1. The Morgan fingerprint density at radius 3 is 2.82 bits per heavy atom. The van der Waals surface area contributed by atoms with Gasteiger partial charge in [0.1, 0.15) is 0 Å². The molecule has 2 N–H and O–H groups in total. The zero-order chi connectivity index (χ0) is 8.43. The maximum Gasteiger partial charge on any atom is 0.0256 e. The smallest absolute Gasteiger partial charge is 0.0256 e. The van der Waals surface area contributed by atoms with E-state index in [1.807, 2.05) is 19.1 Å². The summed E-state index contributed by atoms with van der Waals surface area (Å²) in [6.07, 6.45) is 4.51. The van der Waals surface area contributed by atoms with Crippen LogP contribution in [0.2, 0.25) is 0 Å². The van der Waals surface area contributed by atoms with Gasteiger partial charge in [0, 0.05) is 16.6 Å². The molecular weight excluding hydrogens is 158 g/mol. The largest absolute Gasteiger partial charge is 0.402 e. The molecule has 2 heteroatoms. The molecule has 0 aliphatic heterocycles. The van der Waals surface area contributed by atoms with Crippen molar-refractivity contribution in [3.8, 4) is 0 Å². The lowest BCUT2D eigenvalue weighted by molar-refractivity contribution is 0.718. The fourth-order valence-electron chi connectivity index (χ4n) is 1.11. The molecule has 0 saturated carbocycles. The molecule has 1 atom stereocenters. The van der Waals surface area contributed by atoms with Gasteiger partial charge in [-0.05, 0) is 25.5 Å². The minimum absolute atomic E-state index is 0.238. The van der Waals surface area contributed by atoms with E-state index < -0.39 is 0 Å². The molecule has 1 rings (SSSR count). The van der Waals surface area contributed by atoms with E-state index in [2.05, 4.69) is 6.58 Å². The van der Waals surface area contributed by atoms with Gasteiger partial charge in [-0.15, -0.1) is 0 Å². The number of halogens is 1. The Morgan fingerprint density at radius 2 is 2.36 bits per heavy atom. The van der Waals surface area contributed by atoms with Crippen LogP contribution < -0.4 is 5.73 Å². The third kappa shape index (κ3) is 1.87. The van der Waals surface area contributed by atoms with E-state index in [4.69, 9.17) is 17.3 Å². The van der Waals surface area contributed by atoms with Crippen molar-refractivity contribution in [1.29, 1.82) is 0 Å². The van der Waals surface area contributed by atoms with Crippen LogP contribution in [0.5, 0.6) is 0 Å². The van der Waals surface area contributed by atoms with Crippen molar-refractivity contribution in [3.63, 3.8) is 0 Å². The third-order valence-corrected chi connectivity index (χ3v) is 2.21. The molecule has 1 aliphatic carbocycles. The summed E-state index contributed by atoms with van der Waals surface area (Å²) in [7, 11) is 0. The summed E-state index contributed by atoms with van der Waals surface area (Å²) < 4.78 is 0. The first-order chi connectivity index (χ1) is 5.11. The van der Waals surface area contributed by atoms with Gasteiger partial charge in [-0.3, -0.25) is 0 Å². The molecule has 0 amide bonds. The fraction of sp³-hybridized carbons (Fsp3) is 0.333. The van der Waals surface area contributed by atoms with Crippen molar-refractivity contribution in [2.45, 2.75) is 13.3 Å². The molecule has 11 heavy (non-hydrogen) atoms. The van der Waals surface area contributed by atoms with Gasteiger partial charge in [0.05, 0.1) is 0 Å². The van der Waals surface area contributed by atoms with Crippen molar-refractivity contribution in [2.75, 3.05) is 0 Å². The van der Waals surface area contributed by atoms with E-state index in [0.29, 0.717) is 0 Å². The van der Waals surface area contributed by atoms with Crippen molar-refractivity contribution in [3.05, 3.63) is 35.0 Å². The zero-order valence-corrected chi connectivity index (χ0v) is 7.36. The normalized spacial score (nSPS) is 24.0. The predicted molar refractivity (Wildman–Crippen MR) is 49.1 cm³/mol. The van der Waals surface area contributed by atoms with Crippen LogP contribution in [-0.4, -0.2) is 0 Å². The van der Waals surface area contributed by atoms with Crippen LogP contribution in [0.3, 0.4) is 0 Å². The van der Waals surface area contributed by atoms with Crippen LogP contribution in [0.15, 0.2) is 35.0 Å². The molecule has 0 aromatic heterocycles. The third-order valence-electron chi connectivity index (χ3n) is 1.82. The van der Waals surface area contributed by atoms with Crippen LogP contribution in [0.25, 0.3) is 0 Å². The highest BCUT2D eigenvalue weighted by molar-refractivity contribution is 6.30. The van der Waals surface area contributed by atoms with Gasteiger partial charge in [0.15, 0.2) is 0 Å². The molecule has 0 heterocycles. The molecule has 0 spiro atoms. The topological polar surface area (TPSA) is 26.0 Å². The lowest BCUT2D eigenvalue weighted by Crippen LogP contribution is -2.11. The van der Waals surface area contributed by atoms with Crippen molar-refractivity contribution in [2.24, 2.45) is 11.7 Å². The lowest BCUT2D eigenvalue weighted by Gasteiger charge is -2.19. The SMILES string of the molecule is C=C(C)[C@H]1CC(N)=CC=C1Cl. The van der Waals surface area contributed by atoms with Gasteiger partial charge in [0.2, 0.25) is 0 Å². The highest BCUT2D eigenvalue weighted by Gasteiger charge is 2.16. The standard InChI is InChI=1S/C9H12ClN/c1-6(2)8-5-7(11)3-4-9(8)10/h3-4,8H,1,5,11H2,2H3/t8-/m1/s1. The Morgan fingerprint density at radius 1 is 1.73 bits per heavy atom. The van der Waals surface area contributed by atoms with Crippen LogP contribution in [-0.2, 0) is 0 Å². The first-order valence-electron chi connectivity index (χ1n) is 3.58. The highest BCUT2D eigenvalue weighted by Crippen LogP contribution is 2.30. The van der Waals surface area contributed by atoms with Crippen molar-refractivity contribution in [1.82, 2.24) is 0 Å². The Kier molecular flexibility index (Phi) is 2.40. The minimum atomic E-state index is 0.238. The minimum Gasteiger partial charge on any atom is -0.402 e. The van der Waals surface area contributed by atoms with Gasteiger partial charge in [-0.25, -0.2) is 0 Å². The summed E-state index contributed by atoms with van der Waals surface area (Å²) in [5, 5.41) is 0.840. The second-order valence-electron chi connectivity index (χ2n) is 2.90. The Labute approximate surface area is 72.2 Å². The Hall–Kier alpha value is -0.690. The van der Waals surface area contributed by atoms with Gasteiger partial charge < -0.3 is 5.73 Å². The molecule has 1 nitrogen and oxygen atoms in total. The summed E-state index contributed by atoms with van der Waals surface area (Å²) in [5.41, 5.74) is 7.59. The number of rotatable bonds is 1. The lowest BCUT2D eigenvalue weighted by atomic mass is 9.92. The van der Waals surface area contributed by atoms with E-state index in [1.165, 1.54) is 0 Å². The zero-order valence-electron chi connectivity index (χ0n) is 6.60. The van der Waals surface area contributed by atoms with E-state index in [1.54, 1.807) is 0 Å². The maximum atomic E-state index is 5.94. The van der Waals surface area contributed by atoms with E-state index in [-0.39, 0.29) is 5.92 Å². The maximum absolute atomic E-state index is 5.94. The van der Waals surface area contributed by atoms with Crippen LogP contribution >= 0.6 is 11.6 Å². The monoisotopic (exact) mass is 169 g/mol. The predicted octanol–water partition coefficient (Wildman–Crippen LogP) is 2.55. The van der Waals surface area contributed by atoms with Crippen LogP contribution in [0.4, 0.5) is 0 Å². The van der Waals surface area contributed by atoms with Crippen molar-refractivity contribution < 1.29 is 0 Å². The number of nitrogens with two attached hydrogens (primary N) is 1. The molecule has 0 radical (unpaired) electrons. The first kappa shape index (κ1) is 8.41. The average Bonchev–Trinajstić information content (AvgIpc) is 1.94. The quantitative estimate of drug-likeness (QED) is 0.600. The summed E-state index contributed by atoms with van der Waals surface area (Å²) in [6, 6.07) is 0. The fourth-order valence-corrected chi connectivity index (χ4v) is 1.44. The Bertz CT molecular complexity index is 238. The summed E-state index contributed by atoms with van der Waals surface area (Å²) in [4.78, 5) is 0. The highest BCUT2D eigenvalue weighted by atomic mass is 35.5. The average molecular weight is 170 g/mol. The second kappa shape index (κ2) is 3.14. The number of hydrogen-bond donors (Lipinski definition) is 1. The van der Waals surface area contributed by atoms with Gasteiger partial charge in [0.25, 0.3) is 0 Å².